The zero-order chi connectivity index (χ0) is 9.14. The molecule has 1 heterocycles. The van der Waals surface area contributed by atoms with Crippen molar-refractivity contribution >= 4 is 17.4 Å². The molecule has 0 bridgehead atoms. The molecule has 1 aromatic heterocycles. The highest BCUT2D eigenvalue weighted by Gasteiger charge is 2.04. The van der Waals surface area contributed by atoms with Gasteiger partial charge in [0.05, 0.1) is 5.02 Å². The van der Waals surface area contributed by atoms with Crippen LogP contribution in [0.15, 0.2) is 12.4 Å². The van der Waals surface area contributed by atoms with Crippen LogP contribution >= 0.6 is 11.6 Å². The summed E-state index contributed by atoms with van der Waals surface area (Å²) in [6.07, 6.45) is 3.68. The summed E-state index contributed by atoms with van der Waals surface area (Å²) < 4.78 is 0. The number of halogens is 1. The van der Waals surface area contributed by atoms with Crippen LogP contribution in [0.2, 0.25) is 5.02 Å². The third-order valence-electron chi connectivity index (χ3n) is 1.70. The van der Waals surface area contributed by atoms with Crippen LogP contribution in [0.3, 0.4) is 0 Å². The molecule has 3 heteroatoms. The molecule has 0 aliphatic heterocycles. The van der Waals surface area contributed by atoms with Gasteiger partial charge in [-0.3, -0.25) is 9.78 Å². The number of Topliss-reactive ketones (excluding diaryl/α,β-unsaturated/α-hetero) is 1. The van der Waals surface area contributed by atoms with Crippen molar-refractivity contribution in [3.8, 4) is 0 Å². The summed E-state index contributed by atoms with van der Waals surface area (Å²) in [7, 11) is 0. The molecule has 0 unspecified atom stereocenters. The van der Waals surface area contributed by atoms with E-state index in [0.29, 0.717) is 11.4 Å². The molecule has 0 atom stereocenters. The number of aromatic nitrogens is 1. The topological polar surface area (TPSA) is 30.0 Å². The number of rotatable bonds is 2. The molecular formula is C9H10ClNO. The molecule has 64 valence electrons. The zero-order valence-corrected chi connectivity index (χ0v) is 7.85. The van der Waals surface area contributed by atoms with Crippen molar-refractivity contribution in [3.63, 3.8) is 0 Å². The van der Waals surface area contributed by atoms with Crippen molar-refractivity contribution in [2.45, 2.75) is 20.3 Å². The second kappa shape index (κ2) is 3.68. The minimum Gasteiger partial charge on any atom is -0.300 e. The lowest BCUT2D eigenvalue weighted by Crippen LogP contribution is -1.99. The van der Waals surface area contributed by atoms with E-state index in [2.05, 4.69) is 4.98 Å². The number of ketones is 1. The maximum absolute atomic E-state index is 10.8. The second-order valence-corrected chi connectivity index (χ2v) is 3.19. The summed E-state index contributed by atoms with van der Waals surface area (Å²) in [6, 6.07) is 0. The molecule has 2 nitrogen and oxygen atoms in total. The van der Waals surface area contributed by atoms with Crippen LogP contribution in [0, 0.1) is 6.92 Å². The average Bonchev–Trinajstić information content (AvgIpc) is 1.98. The summed E-state index contributed by atoms with van der Waals surface area (Å²) in [6.45, 7) is 3.45. The standard InChI is InChI=1S/C9H10ClNO/c1-6(12)3-8-4-11-5-9(10)7(8)2/h4-5H,3H2,1-2H3. The fourth-order valence-corrected chi connectivity index (χ4v) is 1.16. The van der Waals surface area contributed by atoms with E-state index in [0.717, 1.165) is 11.1 Å². The van der Waals surface area contributed by atoms with Gasteiger partial charge in [-0.2, -0.15) is 0 Å². The molecule has 1 rings (SSSR count). The fourth-order valence-electron chi connectivity index (χ4n) is 0.986. The summed E-state index contributed by atoms with van der Waals surface area (Å²) >= 11 is 5.82. The Morgan fingerprint density at radius 1 is 1.58 bits per heavy atom. The highest BCUT2D eigenvalue weighted by atomic mass is 35.5. The van der Waals surface area contributed by atoms with Crippen molar-refractivity contribution < 1.29 is 4.79 Å². The number of pyridine rings is 1. The van der Waals surface area contributed by atoms with Gasteiger partial charge in [-0.05, 0) is 25.0 Å². The van der Waals surface area contributed by atoms with Gasteiger partial charge in [0, 0.05) is 18.8 Å². The van der Waals surface area contributed by atoms with E-state index < -0.39 is 0 Å². The SMILES string of the molecule is CC(=O)Cc1cncc(Cl)c1C. The molecular weight excluding hydrogens is 174 g/mol. The molecule has 0 aromatic carbocycles. The zero-order valence-electron chi connectivity index (χ0n) is 7.10. The predicted molar refractivity (Wildman–Crippen MR) is 48.4 cm³/mol. The van der Waals surface area contributed by atoms with Gasteiger partial charge in [0.1, 0.15) is 5.78 Å². The lowest BCUT2D eigenvalue weighted by molar-refractivity contribution is -0.116. The van der Waals surface area contributed by atoms with Gasteiger partial charge in [0.15, 0.2) is 0 Å². The normalized spacial score (nSPS) is 9.92. The maximum atomic E-state index is 10.8. The van der Waals surface area contributed by atoms with E-state index in [1.165, 1.54) is 0 Å². The number of carbonyl (C=O) groups is 1. The van der Waals surface area contributed by atoms with Crippen LogP contribution in [0.1, 0.15) is 18.1 Å². The van der Waals surface area contributed by atoms with Crippen molar-refractivity contribution in [1.82, 2.24) is 4.98 Å². The van der Waals surface area contributed by atoms with Crippen molar-refractivity contribution in [3.05, 3.63) is 28.5 Å². The third-order valence-corrected chi connectivity index (χ3v) is 2.08. The highest BCUT2D eigenvalue weighted by molar-refractivity contribution is 6.31. The minimum atomic E-state index is 0.127. The Balaban J connectivity index is 3.00. The first-order chi connectivity index (χ1) is 5.61. The van der Waals surface area contributed by atoms with Crippen molar-refractivity contribution in [1.29, 1.82) is 0 Å². The van der Waals surface area contributed by atoms with Crippen LogP contribution < -0.4 is 0 Å². The van der Waals surface area contributed by atoms with Gasteiger partial charge in [0.2, 0.25) is 0 Å². The van der Waals surface area contributed by atoms with E-state index >= 15 is 0 Å². The van der Waals surface area contributed by atoms with Gasteiger partial charge in [-0.25, -0.2) is 0 Å². The Labute approximate surface area is 76.6 Å². The molecule has 0 fully saturated rings. The lowest BCUT2D eigenvalue weighted by atomic mass is 10.1. The quantitative estimate of drug-likeness (QED) is 0.704. The first-order valence-electron chi connectivity index (χ1n) is 3.69. The number of carbonyl (C=O) groups excluding carboxylic acids is 1. The average molecular weight is 184 g/mol. The van der Waals surface area contributed by atoms with Crippen molar-refractivity contribution in [2.75, 3.05) is 0 Å². The smallest absolute Gasteiger partial charge is 0.134 e. The molecule has 12 heavy (non-hydrogen) atoms. The molecule has 0 saturated carbocycles. The van der Waals surface area contributed by atoms with E-state index in [1.807, 2.05) is 6.92 Å². The molecule has 0 N–H and O–H groups in total. The Bertz CT molecular complexity index is 309. The number of nitrogens with zero attached hydrogens (tertiary/aromatic N) is 1. The van der Waals surface area contributed by atoms with Gasteiger partial charge >= 0.3 is 0 Å². The lowest BCUT2D eigenvalue weighted by Gasteiger charge is -2.03. The summed E-state index contributed by atoms with van der Waals surface area (Å²) in [5.74, 6) is 0.127. The fraction of sp³-hybridized carbons (Fsp3) is 0.333. The third kappa shape index (κ3) is 2.05. The van der Waals surface area contributed by atoms with Gasteiger partial charge in [-0.15, -0.1) is 0 Å². The molecule has 0 radical (unpaired) electrons. The first-order valence-corrected chi connectivity index (χ1v) is 4.07. The summed E-state index contributed by atoms with van der Waals surface area (Å²) in [5, 5.41) is 0.619. The molecule has 1 aromatic rings. The molecule has 0 amide bonds. The summed E-state index contributed by atoms with van der Waals surface area (Å²) in [5.41, 5.74) is 1.86. The van der Waals surface area contributed by atoms with Gasteiger partial charge in [-0.1, -0.05) is 11.6 Å². The van der Waals surface area contributed by atoms with Gasteiger partial charge < -0.3 is 0 Å². The monoisotopic (exact) mass is 183 g/mol. The van der Waals surface area contributed by atoms with Crippen LogP contribution in [0.25, 0.3) is 0 Å². The Hall–Kier alpha value is -0.890. The van der Waals surface area contributed by atoms with Crippen LogP contribution in [0.5, 0.6) is 0 Å². The van der Waals surface area contributed by atoms with Crippen LogP contribution in [0.4, 0.5) is 0 Å². The van der Waals surface area contributed by atoms with E-state index in [4.69, 9.17) is 11.6 Å². The number of hydrogen-bond acceptors (Lipinski definition) is 2. The molecule has 0 saturated heterocycles. The predicted octanol–water partition coefficient (Wildman–Crippen LogP) is 2.17. The van der Waals surface area contributed by atoms with E-state index in [9.17, 15) is 4.79 Å². The number of hydrogen-bond donors (Lipinski definition) is 0. The van der Waals surface area contributed by atoms with E-state index in [1.54, 1.807) is 19.3 Å². The van der Waals surface area contributed by atoms with E-state index in [-0.39, 0.29) is 5.78 Å². The highest BCUT2D eigenvalue weighted by Crippen LogP contribution is 2.17. The second-order valence-electron chi connectivity index (χ2n) is 2.78. The van der Waals surface area contributed by atoms with Crippen LogP contribution in [-0.4, -0.2) is 10.8 Å². The first kappa shape index (κ1) is 9.20. The largest absolute Gasteiger partial charge is 0.300 e. The minimum absolute atomic E-state index is 0.127. The molecule has 0 spiro atoms. The molecule has 0 aliphatic rings. The van der Waals surface area contributed by atoms with Crippen molar-refractivity contribution in [2.24, 2.45) is 0 Å². The Kier molecular flexibility index (Phi) is 2.82. The maximum Gasteiger partial charge on any atom is 0.134 e. The Morgan fingerprint density at radius 3 is 2.83 bits per heavy atom. The Morgan fingerprint density at radius 2 is 2.25 bits per heavy atom. The van der Waals surface area contributed by atoms with Crippen LogP contribution in [-0.2, 0) is 11.2 Å². The summed E-state index contributed by atoms with van der Waals surface area (Å²) in [4.78, 5) is 14.7. The van der Waals surface area contributed by atoms with Gasteiger partial charge in [0.25, 0.3) is 0 Å². The molecule has 0 aliphatic carbocycles.